The fourth-order valence-corrected chi connectivity index (χ4v) is 2.44. The first-order valence-electron chi connectivity index (χ1n) is 6.63. The van der Waals surface area contributed by atoms with Crippen molar-refractivity contribution in [1.29, 1.82) is 0 Å². The Bertz CT molecular complexity index is 510. The van der Waals surface area contributed by atoms with Gasteiger partial charge in [-0.05, 0) is 35.6 Å². The van der Waals surface area contributed by atoms with Crippen molar-refractivity contribution in [3.05, 3.63) is 48.0 Å². The first-order chi connectivity index (χ1) is 8.93. The molecule has 0 N–H and O–H groups in total. The molecule has 1 unspecified atom stereocenters. The molecule has 18 heavy (non-hydrogen) atoms. The maximum Gasteiger partial charge on any atom is 0.158 e. The average molecular weight is 242 g/mol. The second-order valence-corrected chi connectivity index (χ2v) is 4.75. The van der Waals surface area contributed by atoms with E-state index in [-0.39, 0.29) is 6.29 Å². The van der Waals surface area contributed by atoms with Crippen LogP contribution in [-0.4, -0.2) is 12.9 Å². The largest absolute Gasteiger partial charge is 0.353 e. The van der Waals surface area contributed by atoms with Gasteiger partial charge in [0.1, 0.15) is 0 Å². The third-order valence-electron chi connectivity index (χ3n) is 3.44. The van der Waals surface area contributed by atoms with Crippen LogP contribution in [0.15, 0.2) is 42.5 Å². The summed E-state index contributed by atoms with van der Waals surface area (Å²) in [4.78, 5) is 0. The average Bonchev–Trinajstić information content (AvgIpc) is 2.46. The van der Waals surface area contributed by atoms with Gasteiger partial charge in [0, 0.05) is 6.61 Å². The van der Waals surface area contributed by atoms with E-state index in [1.54, 1.807) is 0 Å². The third kappa shape index (κ3) is 2.55. The van der Waals surface area contributed by atoms with Crippen molar-refractivity contribution >= 4 is 10.8 Å². The Kier molecular flexibility index (Phi) is 3.58. The van der Waals surface area contributed by atoms with Gasteiger partial charge in [-0.25, -0.2) is 0 Å². The molecule has 1 fully saturated rings. The summed E-state index contributed by atoms with van der Waals surface area (Å²) in [5.41, 5.74) is 1.24. The van der Waals surface area contributed by atoms with Gasteiger partial charge in [0.2, 0.25) is 0 Å². The van der Waals surface area contributed by atoms with Gasteiger partial charge in [0.05, 0.1) is 6.61 Å². The first-order valence-corrected chi connectivity index (χ1v) is 6.63. The standard InChI is InChI=1S/C16H18O2/c1-2-9-15-13(6-1)7-5-8-14(15)12-18-16-10-3-4-11-17-16/h1-2,5-9,16H,3-4,10-12H2. The lowest BCUT2D eigenvalue weighted by Crippen LogP contribution is -2.22. The van der Waals surface area contributed by atoms with Crippen molar-refractivity contribution in [2.75, 3.05) is 6.61 Å². The van der Waals surface area contributed by atoms with E-state index in [2.05, 4.69) is 42.5 Å². The van der Waals surface area contributed by atoms with Gasteiger partial charge in [0.25, 0.3) is 0 Å². The number of fused-ring (bicyclic) bond motifs is 1. The fourth-order valence-electron chi connectivity index (χ4n) is 2.44. The van der Waals surface area contributed by atoms with Crippen molar-refractivity contribution in [1.82, 2.24) is 0 Å². The molecule has 2 heteroatoms. The number of rotatable bonds is 3. The topological polar surface area (TPSA) is 18.5 Å². The summed E-state index contributed by atoms with van der Waals surface area (Å²) in [5.74, 6) is 0. The molecule has 94 valence electrons. The van der Waals surface area contributed by atoms with Crippen LogP contribution in [0.5, 0.6) is 0 Å². The van der Waals surface area contributed by atoms with Gasteiger partial charge in [-0.15, -0.1) is 0 Å². The molecule has 1 aliphatic rings. The van der Waals surface area contributed by atoms with E-state index in [9.17, 15) is 0 Å². The molecule has 0 aromatic heterocycles. The highest BCUT2D eigenvalue weighted by Gasteiger charge is 2.14. The highest BCUT2D eigenvalue weighted by molar-refractivity contribution is 5.85. The summed E-state index contributed by atoms with van der Waals surface area (Å²) < 4.78 is 11.4. The van der Waals surface area contributed by atoms with Crippen molar-refractivity contribution in [3.8, 4) is 0 Å². The van der Waals surface area contributed by atoms with Crippen molar-refractivity contribution in [2.45, 2.75) is 32.2 Å². The molecule has 0 bridgehead atoms. The molecule has 3 rings (SSSR count). The van der Waals surface area contributed by atoms with Crippen LogP contribution in [0.1, 0.15) is 24.8 Å². The van der Waals surface area contributed by atoms with Crippen LogP contribution in [-0.2, 0) is 16.1 Å². The number of hydrogen-bond donors (Lipinski definition) is 0. The van der Waals surface area contributed by atoms with Crippen LogP contribution in [0, 0.1) is 0 Å². The zero-order valence-corrected chi connectivity index (χ0v) is 10.5. The second kappa shape index (κ2) is 5.51. The van der Waals surface area contributed by atoms with Crippen LogP contribution in [0.2, 0.25) is 0 Å². The number of hydrogen-bond acceptors (Lipinski definition) is 2. The van der Waals surface area contributed by atoms with E-state index in [0.717, 1.165) is 19.4 Å². The minimum atomic E-state index is -0.0160. The fraction of sp³-hybridized carbons (Fsp3) is 0.375. The summed E-state index contributed by atoms with van der Waals surface area (Å²) >= 11 is 0. The third-order valence-corrected chi connectivity index (χ3v) is 3.44. The summed E-state index contributed by atoms with van der Waals surface area (Å²) in [6.45, 7) is 1.46. The van der Waals surface area contributed by atoms with E-state index in [4.69, 9.17) is 9.47 Å². The van der Waals surface area contributed by atoms with E-state index in [1.165, 1.54) is 22.8 Å². The predicted octanol–water partition coefficient (Wildman–Crippen LogP) is 3.88. The van der Waals surface area contributed by atoms with Crippen LogP contribution >= 0.6 is 0 Å². The molecule has 1 atom stereocenters. The summed E-state index contributed by atoms with van der Waals surface area (Å²) in [5, 5.41) is 2.54. The summed E-state index contributed by atoms with van der Waals surface area (Å²) in [6.07, 6.45) is 3.37. The van der Waals surface area contributed by atoms with Gasteiger partial charge in [-0.2, -0.15) is 0 Å². The normalized spacial score (nSPS) is 20.1. The molecule has 1 heterocycles. The molecular weight excluding hydrogens is 224 g/mol. The molecule has 0 spiro atoms. The minimum Gasteiger partial charge on any atom is -0.353 e. The Labute approximate surface area is 108 Å². The van der Waals surface area contributed by atoms with Crippen molar-refractivity contribution < 1.29 is 9.47 Å². The highest BCUT2D eigenvalue weighted by atomic mass is 16.7. The Balaban J connectivity index is 1.74. The maximum atomic E-state index is 5.85. The van der Waals surface area contributed by atoms with E-state index in [0.29, 0.717) is 6.61 Å². The molecule has 2 aromatic rings. The van der Waals surface area contributed by atoms with E-state index < -0.39 is 0 Å². The van der Waals surface area contributed by atoms with Crippen LogP contribution in [0.4, 0.5) is 0 Å². The first kappa shape index (κ1) is 11.7. The quantitative estimate of drug-likeness (QED) is 0.813. The number of benzene rings is 2. The van der Waals surface area contributed by atoms with Gasteiger partial charge in [0.15, 0.2) is 6.29 Å². The van der Waals surface area contributed by atoms with Gasteiger partial charge in [-0.1, -0.05) is 42.5 Å². The minimum absolute atomic E-state index is 0.0160. The molecule has 1 aliphatic heterocycles. The number of ether oxygens (including phenoxy) is 2. The lowest BCUT2D eigenvalue weighted by Gasteiger charge is -2.23. The van der Waals surface area contributed by atoms with Crippen molar-refractivity contribution in [3.63, 3.8) is 0 Å². The molecule has 1 saturated heterocycles. The molecular formula is C16H18O2. The van der Waals surface area contributed by atoms with Gasteiger partial charge >= 0.3 is 0 Å². The van der Waals surface area contributed by atoms with Gasteiger partial charge in [-0.3, -0.25) is 0 Å². The molecule has 0 saturated carbocycles. The van der Waals surface area contributed by atoms with Crippen molar-refractivity contribution in [2.24, 2.45) is 0 Å². The molecule has 0 aliphatic carbocycles. The summed E-state index contributed by atoms with van der Waals surface area (Å²) in [6, 6.07) is 14.8. The van der Waals surface area contributed by atoms with Crippen LogP contribution < -0.4 is 0 Å². The second-order valence-electron chi connectivity index (χ2n) is 4.75. The van der Waals surface area contributed by atoms with E-state index in [1.807, 2.05) is 0 Å². The highest BCUT2D eigenvalue weighted by Crippen LogP contribution is 2.21. The Hall–Kier alpha value is -1.38. The summed E-state index contributed by atoms with van der Waals surface area (Å²) in [7, 11) is 0. The molecule has 2 nitrogen and oxygen atoms in total. The monoisotopic (exact) mass is 242 g/mol. The van der Waals surface area contributed by atoms with Gasteiger partial charge < -0.3 is 9.47 Å². The Morgan fingerprint density at radius 2 is 1.94 bits per heavy atom. The lowest BCUT2D eigenvalue weighted by molar-refractivity contribution is -0.168. The SMILES string of the molecule is c1ccc2c(COC3CCCCO3)cccc2c1. The maximum absolute atomic E-state index is 5.85. The van der Waals surface area contributed by atoms with Crippen LogP contribution in [0.25, 0.3) is 10.8 Å². The Morgan fingerprint density at radius 1 is 1.06 bits per heavy atom. The van der Waals surface area contributed by atoms with E-state index >= 15 is 0 Å². The molecule has 2 aromatic carbocycles. The van der Waals surface area contributed by atoms with Crippen LogP contribution in [0.3, 0.4) is 0 Å². The lowest BCUT2D eigenvalue weighted by atomic mass is 10.1. The predicted molar refractivity (Wildman–Crippen MR) is 72.3 cm³/mol. The molecule has 0 radical (unpaired) electrons. The zero-order chi connectivity index (χ0) is 12.2. The zero-order valence-electron chi connectivity index (χ0n) is 10.5. The Morgan fingerprint density at radius 3 is 2.83 bits per heavy atom. The smallest absolute Gasteiger partial charge is 0.158 e. The molecule has 0 amide bonds.